The van der Waals surface area contributed by atoms with Crippen LogP contribution >= 0.6 is 0 Å². The van der Waals surface area contributed by atoms with Gasteiger partial charge in [-0.25, -0.2) is 4.39 Å². The predicted octanol–water partition coefficient (Wildman–Crippen LogP) is 2.68. The van der Waals surface area contributed by atoms with Gasteiger partial charge in [-0.2, -0.15) is 0 Å². The highest BCUT2D eigenvalue weighted by Gasteiger charge is 2.23. The predicted molar refractivity (Wildman–Crippen MR) is 93.8 cm³/mol. The molecule has 0 spiro atoms. The standard InChI is InChI=1S/C20H20FNO4/c1-14(20(24)22-10-12-25-13-11-22)26-18-8-4-16(5-9-18)19(23)15-2-6-17(21)7-3-15/h2-9,14H,10-13H2,1H3/t14-/m1/s1. The van der Waals surface area contributed by atoms with Crippen molar-refractivity contribution in [1.82, 2.24) is 4.90 Å². The van der Waals surface area contributed by atoms with E-state index in [9.17, 15) is 14.0 Å². The van der Waals surface area contributed by atoms with Crippen molar-refractivity contribution < 1.29 is 23.5 Å². The molecule has 1 amide bonds. The van der Waals surface area contributed by atoms with Crippen LogP contribution < -0.4 is 4.74 Å². The van der Waals surface area contributed by atoms with E-state index in [0.717, 1.165) is 0 Å². The topological polar surface area (TPSA) is 55.8 Å². The van der Waals surface area contributed by atoms with Crippen molar-refractivity contribution in [2.75, 3.05) is 26.3 Å². The quantitative estimate of drug-likeness (QED) is 0.772. The number of halogens is 1. The lowest BCUT2D eigenvalue weighted by Crippen LogP contribution is -2.46. The number of ether oxygens (including phenoxy) is 2. The Morgan fingerprint density at radius 3 is 2.12 bits per heavy atom. The lowest BCUT2D eigenvalue weighted by atomic mass is 10.0. The summed E-state index contributed by atoms with van der Waals surface area (Å²) in [7, 11) is 0. The third-order valence-electron chi connectivity index (χ3n) is 4.21. The van der Waals surface area contributed by atoms with Crippen LogP contribution in [0, 0.1) is 5.82 Å². The minimum Gasteiger partial charge on any atom is -0.481 e. The van der Waals surface area contributed by atoms with Crippen molar-refractivity contribution in [1.29, 1.82) is 0 Å². The Morgan fingerprint density at radius 1 is 1.00 bits per heavy atom. The van der Waals surface area contributed by atoms with Crippen molar-refractivity contribution >= 4 is 11.7 Å². The van der Waals surface area contributed by atoms with E-state index in [-0.39, 0.29) is 17.5 Å². The molecule has 0 radical (unpaired) electrons. The third-order valence-corrected chi connectivity index (χ3v) is 4.21. The maximum Gasteiger partial charge on any atom is 0.263 e. The lowest BCUT2D eigenvalue weighted by Gasteiger charge is -2.29. The second-order valence-electron chi connectivity index (χ2n) is 6.06. The highest BCUT2D eigenvalue weighted by Crippen LogP contribution is 2.18. The first kappa shape index (κ1) is 18.1. The number of carbonyl (C=O) groups is 2. The molecule has 1 aliphatic heterocycles. The molecule has 1 atom stereocenters. The fourth-order valence-corrected chi connectivity index (χ4v) is 2.75. The van der Waals surface area contributed by atoms with Gasteiger partial charge in [-0.15, -0.1) is 0 Å². The van der Waals surface area contributed by atoms with Gasteiger partial charge in [-0.3, -0.25) is 9.59 Å². The van der Waals surface area contributed by atoms with E-state index in [0.29, 0.717) is 43.2 Å². The van der Waals surface area contributed by atoms with E-state index in [1.54, 1.807) is 36.1 Å². The molecule has 1 fully saturated rings. The van der Waals surface area contributed by atoms with Gasteiger partial charge in [0.05, 0.1) is 13.2 Å². The summed E-state index contributed by atoms with van der Waals surface area (Å²) in [6, 6.07) is 12.0. The number of ketones is 1. The van der Waals surface area contributed by atoms with Crippen molar-refractivity contribution in [3.05, 3.63) is 65.5 Å². The van der Waals surface area contributed by atoms with Gasteiger partial charge < -0.3 is 14.4 Å². The number of amides is 1. The fraction of sp³-hybridized carbons (Fsp3) is 0.300. The molecule has 0 aliphatic carbocycles. The largest absolute Gasteiger partial charge is 0.481 e. The molecule has 3 rings (SSSR count). The second-order valence-corrected chi connectivity index (χ2v) is 6.06. The SMILES string of the molecule is C[C@@H](Oc1ccc(C(=O)c2ccc(F)cc2)cc1)C(=O)N1CCOCC1. The van der Waals surface area contributed by atoms with Crippen LogP contribution in [0.2, 0.25) is 0 Å². The third kappa shape index (κ3) is 4.26. The average molecular weight is 357 g/mol. The number of rotatable bonds is 5. The van der Waals surface area contributed by atoms with Crippen LogP contribution in [0.25, 0.3) is 0 Å². The summed E-state index contributed by atoms with van der Waals surface area (Å²) >= 11 is 0. The number of hydrogen-bond acceptors (Lipinski definition) is 4. The first-order chi connectivity index (χ1) is 12.5. The van der Waals surface area contributed by atoms with E-state index >= 15 is 0 Å². The summed E-state index contributed by atoms with van der Waals surface area (Å²) in [6.07, 6.45) is -0.619. The molecule has 1 aliphatic rings. The Morgan fingerprint density at radius 2 is 1.54 bits per heavy atom. The van der Waals surface area contributed by atoms with E-state index in [2.05, 4.69) is 0 Å². The van der Waals surface area contributed by atoms with Gasteiger partial charge >= 0.3 is 0 Å². The van der Waals surface area contributed by atoms with Gasteiger partial charge in [0.25, 0.3) is 5.91 Å². The van der Waals surface area contributed by atoms with Crippen molar-refractivity contribution in [3.63, 3.8) is 0 Å². The highest BCUT2D eigenvalue weighted by molar-refractivity contribution is 6.09. The summed E-state index contributed by atoms with van der Waals surface area (Å²) in [5.74, 6) is -0.159. The molecule has 2 aromatic rings. The number of morpholine rings is 1. The van der Waals surface area contributed by atoms with Gasteiger partial charge in [0, 0.05) is 24.2 Å². The summed E-state index contributed by atoms with van der Waals surface area (Å²) < 4.78 is 23.9. The van der Waals surface area contributed by atoms with Gasteiger partial charge in [0.15, 0.2) is 11.9 Å². The average Bonchev–Trinajstić information content (AvgIpc) is 2.68. The van der Waals surface area contributed by atoms with E-state index < -0.39 is 6.10 Å². The molecule has 6 heteroatoms. The normalized spacial score (nSPS) is 15.4. The van der Waals surface area contributed by atoms with Crippen molar-refractivity contribution in [2.24, 2.45) is 0 Å². The van der Waals surface area contributed by atoms with Gasteiger partial charge in [0.1, 0.15) is 11.6 Å². The molecular formula is C20H20FNO4. The molecule has 1 heterocycles. The Labute approximate surface area is 151 Å². The molecule has 136 valence electrons. The van der Waals surface area contributed by atoms with Crippen LogP contribution in [0.3, 0.4) is 0 Å². The van der Waals surface area contributed by atoms with Crippen LogP contribution in [0.1, 0.15) is 22.8 Å². The first-order valence-corrected chi connectivity index (χ1v) is 8.48. The summed E-state index contributed by atoms with van der Waals surface area (Å²) in [6.45, 7) is 3.92. The highest BCUT2D eigenvalue weighted by atomic mass is 19.1. The van der Waals surface area contributed by atoms with Crippen LogP contribution in [0.15, 0.2) is 48.5 Å². The van der Waals surface area contributed by atoms with E-state index in [4.69, 9.17) is 9.47 Å². The van der Waals surface area contributed by atoms with E-state index in [1.165, 1.54) is 24.3 Å². The molecular weight excluding hydrogens is 337 g/mol. The fourth-order valence-electron chi connectivity index (χ4n) is 2.75. The zero-order chi connectivity index (χ0) is 18.5. The molecule has 0 unspecified atom stereocenters. The Balaban J connectivity index is 1.62. The summed E-state index contributed by atoms with van der Waals surface area (Å²) in [5, 5.41) is 0. The molecule has 0 bridgehead atoms. The Kier molecular flexibility index (Phi) is 5.63. The van der Waals surface area contributed by atoms with Crippen LogP contribution in [-0.2, 0) is 9.53 Å². The number of carbonyl (C=O) groups excluding carboxylic acids is 2. The summed E-state index contributed by atoms with van der Waals surface area (Å²) in [4.78, 5) is 26.4. The molecule has 1 saturated heterocycles. The maximum absolute atomic E-state index is 13.0. The maximum atomic E-state index is 13.0. The molecule has 0 saturated carbocycles. The number of hydrogen-bond donors (Lipinski definition) is 0. The molecule has 2 aromatic carbocycles. The van der Waals surface area contributed by atoms with Gasteiger partial charge in [-0.1, -0.05) is 0 Å². The monoisotopic (exact) mass is 357 g/mol. The van der Waals surface area contributed by atoms with Crippen LogP contribution in [0.4, 0.5) is 4.39 Å². The Hall–Kier alpha value is -2.73. The Bertz CT molecular complexity index is 767. The molecule has 0 aromatic heterocycles. The minimum atomic E-state index is -0.619. The van der Waals surface area contributed by atoms with E-state index in [1.807, 2.05) is 0 Å². The number of nitrogens with zero attached hydrogens (tertiary/aromatic N) is 1. The zero-order valence-corrected chi connectivity index (χ0v) is 14.5. The minimum absolute atomic E-state index is 0.0836. The molecule has 26 heavy (non-hydrogen) atoms. The van der Waals surface area contributed by atoms with Crippen molar-refractivity contribution in [3.8, 4) is 5.75 Å². The van der Waals surface area contributed by atoms with Crippen molar-refractivity contribution in [2.45, 2.75) is 13.0 Å². The lowest BCUT2D eigenvalue weighted by molar-refractivity contribution is -0.142. The van der Waals surface area contributed by atoms with Crippen LogP contribution in [0.5, 0.6) is 5.75 Å². The molecule has 0 N–H and O–H groups in total. The summed E-state index contributed by atoms with van der Waals surface area (Å²) in [5.41, 5.74) is 0.882. The van der Waals surface area contributed by atoms with Gasteiger partial charge in [-0.05, 0) is 55.5 Å². The van der Waals surface area contributed by atoms with Crippen LogP contribution in [-0.4, -0.2) is 49.0 Å². The second kappa shape index (κ2) is 8.10. The zero-order valence-electron chi connectivity index (χ0n) is 14.5. The smallest absolute Gasteiger partial charge is 0.263 e. The first-order valence-electron chi connectivity index (χ1n) is 8.48. The van der Waals surface area contributed by atoms with Gasteiger partial charge in [0.2, 0.25) is 0 Å². The molecule has 5 nitrogen and oxygen atoms in total. The number of benzene rings is 2.